The fourth-order valence-electron chi connectivity index (χ4n) is 1.77. The van der Waals surface area contributed by atoms with Crippen molar-refractivity contribution in [1.82, 2.24) is 4.98 Å². The molecule has 2 aromatic rings. The average molecular weight is 290 g/mol. The molecule has 0 spiro atoms. The van der Waals surface area contributed by atoms with Crippen LogP contribution in [-0.2, 0) is 0 Å². The van der Waals surface area contributed by atoms with E-state index < -0.39 is 11.6 Å². The third-order valence-corrected chi connectivity index (χ3v) is 2.78. The molecule has 2 rings (SSSR count). The third-order valence-electron chi connectivity index (χ3n) is 2.78. The fraction of sp³-hybridized carbons (Fsp3) is 0.143. The lowest BCUT2D eigenvalue weighted by Gasteiger charge is -2.13. The summed E-state index contributed by atoms with van der Waals surface area (Å²) in [4.78, 5) is 3.80. The molecule has 7 heteroatoms. The van der Waals surface area contributed by atoms with Gasteiger partial charge in [-0.05, 0) is 12.1 Å². The first-order valence-electron chi connectivity index (χ1n) is 5.98. The number of para-hydroxylation sites is 1. The van der Waals surface area contributed by atoms with E-state index in [1.54, 1.807) is 18.2 Å². The van der Waals surface area contributed by atoms with E-state index in [9.17, 15) is 8.78 Å². The number of hydrogen-bond acceptors (Lipinski definition) is 5. The summed E-state index contributed by atoms with van der Waals surface area (Å²) < 4.78 is 32.3. The van der Waals surface area contributed by atoms with E-state index >= 15 is 0 Å². The zero-order valence-corrected chi connectivity index (χ0v) is 11.4. The molecule has 0 fully saturated rings. The first-order chi connectivity index (χ1) is 10.1. The molecule has 0 bridgehead atoms. The molecular formula is C14H12F2N4O. The van der Waals surface area contributed by atoms with E-state index in [2.05, 4.69) is 15.6 Å². The number of hydrogen-bond donors (Lipinski definition) is 2. The van der Waals surface area contributed by atoms with Crippen molar-refractivity contribution in [2.24, 2.45) is 0 Å². The van der Waals surface area contributed by atoms with Gasteiger partial charge in [0.1, 0.15) is 17.5 Å². The Hall–Kier alpha value is -2.88. The lowest BCUT2D eigenvalue weighted by molar-refractivity contribution is 0.416. The molecule has 1 aromatic carbocycles. The summed E-state index contributed by atoms with van der Waals surface area (Å²) in [5, 5.41) is 14.3. The van der Waals surface area contributed by atoms with Crippen LogP contribution in [0, 0.1) is 23.0 Å². The molecule has 0 unspecified atom stereocenters. The summed E-state index contributed by atoms with van der Waals surface area (Å²) in [7, 11) is 2.89. The van der Waals surface area contributed by atoms with Crippen molar-refractivity contribution in [2.75, 3.05) is 24.8 Å². The van der Waals surface area contributed by atoms with Crippen LogP contribution >= 0.6 is 0 Å². The first-order valence-corrected chi connectivity index (χ1v) is 5.98. The van der Waals surface area contributed by atoms with Gasteiger partial charge < -0.3 is 15.4 Å². The topological polar surface area (TPSA) is 70.0 Å². The number of methoxy groups -OCH3 is 1. The molecule has 0 atom stereocenters. The Morgan fingerprint density at radius 2 is 1.95 bits per heavy atom. The Morgan fingerprint density at radius 3 is 2.57 bits per heavy atom. The Labute approximate surface area is 120 Å². The summed E-state index contributed by atoms with van der Waals surface area (Å²) in [5.41, 5.74) is 0.522. The highest BCUT2D eigenvalue weighted by atomic mass is 19.1. The number of ether oxygens (including phenoxy) is 1. The lowest BCUT2D eigenvalue weighted by Crippen LogP contribution is -2.05. The first kappa shape index (κ1) is 14.5. The molecular weight excluding hydrogens is 278 g/mol. The molecule has 0 aliphatic rings. The Kier molecular flexibility index (Phi) is 4.18. The second kappa shape index (κ2) is 6.05. The molecule has 0 saturated heterocycles. The quantitative estimate of drug-likeness (QED) is 0.905. The zero-order chi connectivity index (χ0) is 15.4. The molecule has 108 valence electrons. The van der Waals surface area contributed by atoms with Crippen LogP contribution in [0.2, 0.25) is 0 Å². The van der Waals surface area contributed by atoms with Crippen LogP contribution in [0.5, 0.6) is 5.75 Å². The number of nitrogens with zero attached hydrogens (tertiary/aromatic N) is 2. The number of nitrogens with one attached hydrogen (secondary N) is 2. The molecule has 21 heavy (non-hydrogen) atoms. The molecule has 5 nitrogen and oxygen atoms in total. The van der Waals surface area contributed by atoms with Gasteiger partial charge in [0.2, 0.25) is 0 Å². The maximum Gasteiger partial charge on any atom is 0.169 e. The van der Waals surface area contributed by atoms with Gasteiger partial charge in [0.25, 0.3) is 0 Å². The van der Waals surface area contributed by atoms with Gasteiger partial charge >= 0.3 is 0 Å². The van der Waals surface area contributed by atoms with Crippen LogP contribution in [0.3, 0.4) is 0 Å². The van der Waals surface area contributed by atoms with E-state index in [1.165, 1.54) is 14.2 Å². The van der Waals surface area contributed by atoms with Crippen LogP contribution in [0.25, 0.3) is 0 Å². The highest BCUT2D eigenvalue weighted by molar-refractivity contribution is 5.72. The van der Waals surface area contributed by atoms with E-state index in [1.807, 2.05) is 6.07 Å². The number of halogens is 2. The summed E-state index contributed by atoms with van der Waals surface area (Å²) in [6, 6.07) is 7.48. The molecule has 0 amide bonds. The maximum absolute atomic E-state index is 13.8. The Balaban J connectivity index is 2.50. The van der Waals surface area contributed by atoms with Crippen molar-refractivity contribution < 1.29 is 13.5 Å². The van der Waals surface area contributed by atoms with Crippen molar-refractivity contribution in [2.45, 2.75) is 0 Å². The van der Waals surface area contributed by atoms with Crippen molar-refractivity contribution in [1.29, 1.82) is 5.26 Å². The zero-order valence-electron chi connectivity index (χ0n) is 11.4. The van der Waals surface area contributed by atoms with Gasteiger partial charge in [-0.1, -0.05) is 6.07 Å². The number of rotatable bonds is 4. The van der Waals surface area contributed by atoms with Crippen molar-refractivity contribution >= 4 is 17.3 Å². The molecule has 0 aliphatic carbocycles. The lowest BCUT2D eigenvalue weighted by atomic mass is 10.1. The third kappa shape index (κ3) is 2.84. The summed E-state index contributed by atoms with van der Waals surface area (Å²) in [6.07, 6.45) is 0. The summed E-state index contributed by atoms with van der Waals surface area (Å²) >= 11 is 0. The van der Waals surface area contributed by atoms with E-state index in [0.717, 1.165) is 0 Å². The van der Waals surface area contributed by atoms with Crippen LogP contribution in [-0.4, -0.2) is 19.1 Å². The summed E-state index contributed by atoms with van der Waals surface area (Å²) in [5.74, 6) is -1.64. The number of nitriles is 1. The standard InChI is InChI=1S/C14H12F2N4O/c1-18-13-9(15)6-10(16)14(20-13)19-12-8(7-17)4-3-5-11(12)21-2/h3-6H,1-2H3,(H2,18,19,20). The number of pyridine rings is 1. The maximum atomic E-state index is 13.8. The highest BCUT2D eigenvalue weighted by Gasteiger charge is 2.15. The normalized spacial score (nSPS) is 9.86. The molecule has 1 aromatic heterocycles. The van der Waals surface area contributed by atoms with Crippen LogP contribution in [0.1, 0.15) is 5.56 Å². The van der Waals surface area contributed by atoms with Gasteiger partial charge in [-0.25, -0.2) is 13.8 Å². The van der Waals surface area contributed by atoms with Crippen LogP contribution in [0.15, 0.2) is 24.3 Å². The molecule has 1 heterocycles. The Morgan fingerprint density at radius 1 is 1.24 bits per heavy atom. The monoisotopic (exact) mass is 290 g/mol. The van der Waals surface area contributed by atoms with E-state index in [4.69, 9.17) is 10.00 Å². The number of aromatic nitrogens is 1. The summed E-state index contributed by atoms with van der Waals surface area (Å²) in [6.45, 7) is 0. The molecule has 0 saturated carbocycles. The van der Waals surface area contributed by atoms with Gasteiger partial charge in [0.05, 0.1) is 12.7 Å². The minimum Gasteiger partial charge on any atom is -0.495 e. The van der Waals surface area contributed by atoms with E-state index in [-0.39, 0.29) is 22.9 Å². The predicted octanol–water partition coefficient (Wildman–Crippen LogP) is 3.03. The highest BCUT2D eigenvalue weighted by Crippen LogP contribution is 2.32. The van der Waals surface area contributed by atoms with Crippen LogP contribution in [0.4, 0.5) is 26.1 Å². The van der Waals surface area contributed by atoms with Crippen molar-refractivity contribution in [3.8, 4) is 11.8 Å². The molecule has 0 aliphatic heterocycles. The molecule has 2 N–H and O–H groups in total. The van der Waals surface area contributed by atoms with E-state index in [0.29, 0.717) is 11.8 Å². The minimum absolute atomic E-state index is 0.104. The van der Waals surface area contributed by atoms with Gasteiger partial charge in [-0.3, -0.25) is 0 Å². The van der Waals surface area contributed by atoms with Gasteiger partial charge in [0, 0.05) is 13.1 Å². The van der Waals surface area contributed by atoms with Crippen molar-refractivity contribution in [3.05, 3.63) is 41.5 Å². The Bertz CT molecular complexity index is 713. The smallest absolute Gasteiger partial charge is 0.169 e. The number of anilines is 3. The van der Waals surface area contributed by atoms with Crippen molar-refractivity contribution in [3.63, 3.8) is 0 Å². The average Bonchev–Trinajstić information content (AvgIpc) is 2.49. The predicted molar refractivity (Wildman–Crippen MR) is 74.7 cm³/mol. The fourth-order valence-corrected chi connectivity index (χ4v) is 1.77. The molecule has 0 radical (unpaired) electrons. The minimum atomic E-state index is -0.874. The van der Waals surface area contributed by atoms with Crippen LogP contribution < -0.4 is 15.4 Å². The van der Waals surface area contributed by atoms with Gasteiger partial charge in [-0.2, -0.15) is 5.26 Å². The second-order valence-electron chi connectivity index (χ2n) is 4.02. The number of benzene rings is 1. The SMILES string of the molecule is CNc1nc(Nc2c(C#N)cccc2OC)c(F)cc1F. The second-order valence-corrected chi connectivity index (χ2v) is 4.02. The van der Waals surface area contributed by atoms with Gasteiger partial charge in [0.15, 0.2) is 23.3 Å². The largest absolute Gasteiger partial charge is 0.495 e. The van der Waals surface area contributed by atoms with Gasteiger partial charge in [-0.15, -0.1) is 0 Å².